The third-order valence-corrected chi connectivity index (χ3v) is 2.94. The van der Waals surface area contributed by atoms with Crippen LogP contribution in [0, 0.1) is 17.8 Å². The molecule has 1 aliphatic rings. The Balaban J connectivity index is 2.57. The van der Waals surface area contributed by atoms with Crippen LogP contribution in [0.4, 0.5) is 0 Å². The molecule has 76 valence electrons. The topological polar surface area (TPSA) is 55.1 Å². The van der Waals surface area contributed by atoms with Gasteiger partial charge in [0.1, 0.15) is 0 Å². The van der Waals surface area contributed by atoms with Crippen molar-refractivity contribution in [3.05, 3.63) is 0 Å². The van der Waals surface area contributed by atoms with Crippen LogP contribution >= 0.6 is 0 Å². The van der Waals surface area contributed by atoms with Crippen molar-refractivity contribution in [1.29, 1.82) is 0 Å². The number of rotatable bonds is 3. The van der Waals surface area contributed by atoms with Crippen LogP contribution in [0.3, 0.4) is 0 Å². The molecule has 13 heavy (non-hydrogen) atoms. The van der Waals surface area contributed by atoms with E-state index in [2.05, 4.69) is 19.2 Å². The Morgan fingerprint density at radius 2 is 1.92 bits per heavy atom. The summed E-state index contributed by atoms with van der Waals surface area (Å²) in [6, 6.07) is 0. The lowest BCUT2D eigenvalue weighted by molar-refractivity contribution is -0.125. The molecule has 0 aliphatic carbocycles. The second kappa shape index (κ2) is 4.61. The van der Waals surface area contributed by atoms with Crippen molar-refractivity contribution in [2.75, 3.05) is 13.1 Å². The molecule has 3 nitrogen and oxygen atoms in total. The Morgan fingerprint density at radius 3 is 2.31 bits per heavy atom. The Morgan fingerprint density at radius 1 is 1.38 bits per heavy atom. The predicted octanol–water partition coefficient (Wildman–Crippen LogP) is 0.743. The zero-order valence-corrected chi connectivity index (χ0v) is 8.55. The number of hydrogen-bond donors (Lipinski definition) is 2. The SMILES string of the molecule is CC(C)C(C(N)=O)C1CCNCC1. The van der Waals surface area contributed by atoms with Gasteiger partial charge in [-0.2, -0.15) is 0 Å². The van der Waals surface area contributed by atoms with Crippen molar-refractivity contribution in [2.24, 2.45) is 23.5 Å². The Labute approximate surface area is 80.1 Å². The molecule has 0 bridgehead atoms. The van der Waals surface area contributed by atoms with Gasteiger partial charge in [-0.1, -0.05) is 13.8 Å². The van der Waals surface area contributed by atoms with Crippen molar-refractivity contribution in [1.82, 2.24) is 5.32 Å². The molecule has 0 spiro atoms. The number of primary amides is 1. The summed E-state index contributed by atoms with van der Waals surface area (Å²) in [5, 5.41) is 3.30. The molecule has 3 N–H and O–H groups in total. The molecule has 1 heterocycles. The number of carbonyl (C=O) groups excluding carboxylic acids is 1. The van der Waals surface area contributed by atoms with E-state index >= 15 is 0 Å². The van der Waals surface area contributed by atoms with Gasteiger partial charge in [-0.15, -0.1) is 0 Å². The monoisotopic (exact) mass is 184 g/mol. The molecule has 3 heteroatoms. The van der Waals surface area contributed by atoms with E-state index in [1.807, 2.05) is 0 Å². The number of carbonyl (C=O) groups is 1. The summed E-state index contributed by atoms with van der Waals surface area (Å²) in [4.78, 5) is 11.2. The minimum absolute atomic E-state index is 0.0714. The van der Waals surface area contributed by atoms with E-state index in [0.29, 0.717) is 11.8 Å². The summed E-state index contributed by atoms with van der Waals surface area (Å²) in [5.41, 5.74) is 5.41. The van der Waals surface area contributed by atoms with Crippen LogP contribution in [0.15, 0.2) is 0 Å². The average molecular weight is 184 g/mol. The van der Waals surface area contributed by atoms with Gasteiger partial charge < -0.3 is 11.1 Å². The summed E-state index contributed by atoms with van der Waals surface area (Å²) in [7, 11) is 0. The molecule has 0 radical (unpaired) electrons. The second-order valence-electron chi connectivity index (χ2n) is 4.26. The highest BCUT2D eigenvalue weighted by Gasteiger charge is 2.29. The highest BCUT2D eigenvalue weighted by Crippen LogP contribution is 2.27. The number of hydrogen-bond acceptors (Lipinski definition) is 2. The van der Waals surface area contributed by atoms with E-state index in [-0.39, 0.29) is 11.8 Å². The first kappa shape index (κ1) is 10.5. The van der Waals surface area contributed by atoms with Crippen LogP contribution in [0.2, 0.25) is 0 Å². The first-order chi connectivity index (χ1) is 6.13. The molecule has 0 aromatic carbocycles. The summed E-state index contributed by atoms with van der Waals surface area (Å²) in [6.45, 7) is 6.22. The highest BCUT2D eigenvalue weighted by molar-refractivity contribution is 5.77. The zero-order chi connectivity index (χ0) is 9.84. The second-order valence-corrected chi connectivity index (χ2v) is 4.26. The van der Waals surface area contributed by atoms with Crippen LogP contribution in [0.25, 0.3) is 0 Å². The lowest BCUT2D eigenvalue weighted by atomic mass is 9.78. The van der Waals surface area contributed by atoms with Gasteiger partial charge in [-0.05, 0) is 37.8 Å². The molecular weight excluding hydrogens is 164 g/mol. The molecule has 1 fully saturated rings. The molecular formula is C10H20N2O. The smallest absolute Gasteiger partial charge is 0.221 e. The van der Waals surface area contributed by atoms with E-state index in [0.717, 1.165) is 25.9 Å². The fourth-order valence-electron chi connectivity index (χ4n) is 2.31. The maximum Gasteiger partial charge on any atom is 0.221 e. The van der Waals surface area contributed by atoms with Crippen LogP contribution in [-0.2, 0) is 4.79 Å². The van der Waals surface area contributed by atoms with Gasteiger partial charge in [0.05, 0.1) is 0 Å². The van der Waals surface area contributed by atoms with E-state index in [9.17, 15) is 4.79 Å². The van der Waals surface area contributed by atoms with Gasteiger partial charge in [0, 0.05) is 5.92 Å². The molecule has 1 atom stereocenters. The maximum atomic E-state index is 11.2. The Kier molecular flexibility index (Phi) is 3.72. The van der Waals surface area contributed by atoms with Gasteiger partial charge in [0.15, 0.2) is 0 Å². The predicted molar refractivity (Wildman–Crippen MR) is 53.1 cm³/mol. The Bertz CT molecular complexity index is 174. The third kappa shape index (κ3) is 2.69. The normalized spacial score (nSPS) is 21.8. The minimum Gasteiger partial charge on any atom is -0.369 e. The standard InChI is InChI=1S/C10H20N2O/c1-7(2)9(10(11)13)8-3-5-12-6-4-8/h7-9,12H,3-6H2,1-2H3,(H2,11,13). The van der Waals surface area contributed by atoms with Crippen molar-refractivity contribution < 1.29 is 4.79 Å². The molecule has 1 saturated heterocycles. The van der Waals surface area contributed by atoms with Crippen LogP contribution in [-0.4, -0.2) is 19.0 Å². The van der Waals surface area contributed by atoms with E-state index < -0.39 is 0 Å². The molecule has 1 unspecified atom stereocenters. The van der Waals surface area contributed by atoms with Crippen molar-refractivity contribution in [2.45, 2.75) is 26.7 Å². The van der Waals surface area contributed by atoms with Crippen molar-refractivity contribution in [3.8, 4) is 0 Å². The van der Waals surface area contributed by atoms with Crippen molar-refractivity contribution in [3.63, 3.8) is 0 Å². The average Bonchev–Trinajstić information content (AvgIpc) is 2.04. The van der Waals surface area contributed by atoms with Gasteiger partial charge in [0.2, 0.25) is 5.91 Å². The van der Waals surface area contributed by atoms with Crippen LogP contribution in [0.1, 0.15) is 26.7 Å². The molecule has 1 aliphatic heterocycles. The van der Waals surface area contributed by atoms with Crippen LogP contribution in [0.5, 0.6) is 0 Å². The zero-order valence-electron chi connectivity index (χ0n) is 8.55. The number of amides is 1. The van der Waals surface area contributed by atoms with Gasteiger partial charge >= 0.3 is 0 Å². The first-order valence-corrected chi connectivity index (χ1v) is 5.13. The molecule has 1 amide bonds. The van der Waals surface area contributed by atoms with Gasteiger partial charge in [0.25, 0.3) is 0 Å². The number of nitrogens with one attached hydrogen (secondary N) is 1. The lowest BCUT2D eigenvalue weighted by Crippen LogP contribution is -2.39. The quantitative estimate of drug-likeness (QED) is 0.680. The molecule has 0 aromatic rings. The van der Waals surface area contributed by atoms with Crippen molar-refractivity contribution >= 4 is 5.91 Å². The fourth-order valence-corrected chi connectivity index (χ4v) is 2.31. The van der Waals surface area contributed by atoms with Gasteiger partial charge in [-0.3, -0.25) is 4.79 Å². The first-order valence-electron chi connectivity index (χ1n) is 5.13. The number of nitrogens with two attached hydrogens (primary N) is 1. The number of piperidine rings is 1. The van der Waals surface area contributed by atoms with E-state index in [4.69, 9.17) is 5.73 Å². The summed E-state index contributed by atoms with van der Waals surface area (Å²) in [5.74, 6) is 0.823. The van der Waals surface area contributed by atoms with Crippen LogP contribution < -0.4 is 11.1 Å². The Hall–Kier alpha value is -0.570. The third-order valence-electron chi connectivity index (χ3n) is 2.94. The molecule has 0 saturated carbocycles. The molecule has 1 rings (SSSR count). The fraction of sp³-hybridized carbons (Fsp3) is 0.900. The lowest BCUT2D eigenvalue weighted by Gasteiger charge is -2.31. The summed E-state index contributed by atoms with van der Waals surface area (Å²) < 4.78 is 0. The minimum atomic E-state index is -0.123. The van der Waals surface area contributed by atoms with Gasteiger partial charge in [-0.25, -0.2) is 0 Å². The summed E-state index contributed by atoms with van der Waals surface area (Å²) in [6.07, 6.45) is 2.18. The van der Waals surface area contributed by atoms with E-state index in [1.165, 1.54) is 0 Å². The van der Waals surface area contributed by atoms with E-state index in [1.54, 1.807) is 0 Å². The maximum absolute atomic E-state index is 11.2. The molecule has 0 aromatic heterocycles. The highest BCUT2D eigenvalue weighted by atomic mass is 16.1. The largest absolute Gasteiger partial charge is 0.369 e. The summed E-state index contributed by atoms with van der Waals surface area (Å²) >= 11 is 0.